The molecular formula is C14H14N4O3. The first-order valence-corrected chi connectivity index (χ1v) is 6.10. The third kappa shape index (κ3) is 3.27. The van der Waals surface area contributed by atoms with E-state index in [1.165, 1.54) is 12.3 Å². The van der Waals surface area contributed by atoms with E-state index in [2.05, 4.69) is 15.5 Å². The Hall–Kier alpha value is -3.09. The third-order valence-electron chi connectivity index (χ3n) is 2.85. The van der Waals surface area contributed by atoms with Gasteiger partial charge in [0.05, 0.1) is 0 Å². The average molecular weight is 286 g/mol. The van der Waals surface area contributed by atoms with Gasteiger partial charge in [-0.2, -0.15) is 0 Å². The van der Waals surface area contributed by atoms with Gasteiger partial charge in [0.25, 0.3) is 5.91 Å². The Morgan fingerprint density at radius 3 is 2.57 bits per heavy atom. The molecule has 0 fully saturated rings. The van der Waals surface area contributed by atoms with Crippen LogP contribution in [0.5, 0.6) is 0 Å². The van der Waals surface area contributed by atoms with Crippen LogP contribution in [-0.4, -0.2) is 21.9 Å². The van der Waals surface area contributed by atoms with Crippen molar-refractivity contribution in [3.8, 4) is 0 Å². The standard InChI is InChI=1S/C14H14N4O3/c1-8-6-12(19)11(7-16-8)14(20)17-10-4-2-9(3-5-10)13(15)18-21/h2-7,21H,1H3,(H2,15,18)(H,16,19)(H,17,20). The predicted molar refractivity (Wildman–Crippen MR) is 78.7 cm³/mol. The molecule has 2 rings (SSSR count). The minimum Gasteiger partial charge on any atom is -0.409 e. The number of H-pyrrole nitrogens is 1. The number of amidine groups is 1. The molecule has 0 aliphatic carbocycles. The quantitative estimate of drug-likeness (QED) is 0.291. The van der Waals surface area contributed by atoms with Gasteiger partial charge in [0, 0.05) is 29.2 Å². The van der Waals surface area contributed by atoms with Gasteiger partial charge in [0.15, 0.2) is 11.3 Å². The number of carbonyl (C=O) groups is 1. The summed E-state index contributed by atoms with van der Waals surface area (Å²) in [5.41, 5.74) is 6.81. The number of aromatic amines is 1. The molecule has 7 heteroatoms. The molecule has 1 aromatic heterocycles. The summed E-state index contributed by atoms with van der Waals surface area (Å²) in [6.45, 7) is 1.73. The highest BCUT2D eigenvalue weighted by Gasteiger charge is 2.10. The summed E-state index contributed by atoms with van der Waals surface area (Å²) in [6.07, 6.45) is 1.37. The summed E-state index contributed by atoms with van der Waals surface area (Å²) in [7, 11) is 0. The Balaban J connectivity index is 2.18. The van der Waals surface area contributed by atoms with Crippen LogP contribution in [0, 0.1) is 6.92 Å². The van der Waals surface area contributed by atoms with Crippen LogP contribution < -0.4 is 16.5 Å². The number of aryl methyl sites for hydroxylation is 1. The molecule has 2 aromatic rings. The van der Waals surface area contributed by atoms with Crippen molar-refractivity contribution in [3.05, 3.63) is 63.6 Å². The highest BCUT2D eigenvalue weighted by molar-refractivity contribution is 6.04. The maximum atomic E-state index is 12.0. The molecule has 0 saturated heterocycles. The van der Waals surface area contributed by atoms with Crippen molar-refractivity contribution in [2.75, 3.05) is 5.32 Å². The zero-order valence-electron chi connectivity index (χ0n) is 11.3. The zero-order valence-corrected chi connectivity index (χ0v) is 11.3. The molecule has 1 aromatic carbocycles. The number of aromatic nitrogens is 1. The number of pyridine rings is 1. The van der Waals surface area contributed by atoms with Crippen molar-refractivity contribution < 1.29 is 10.0 Å². The van der Waals surface area contributed by atoms with Crippen molar-refractivity contribution in [1.29, 1.82) is 0 Å². The largest absolute Gasteiger partial charge is 0.409 e. The van der Waals surface area contributed by atoms with Crippen molar-refractivity contribution in [1.82, 2.24) is 4.98 Å². The fraction of sp³-hybridized carbons (Fsp3) is 0.0714. The number of anilines is 1. The molecule has 0 aliphatic rings. The Kier molecular flexibility index (Phi) is 4.03. The summed E-state index contributed by atoms with van der Waals surface area (Å²) in [6, 6.07) is 7.71. The lowest BCUT2D eigenvalue weighted by molar-refractivity contribution is 0.102. The topological polar surface area (TPSA) is 121 Å². The van der Waals surface area contributed by atoms with Gasteiger partial charge in [-0.3, -0.25) is 9.59 Å². The van der Waals surface area contributed by atoms with Crippen LogP contribution in [0.1, 0.15) is 21.6 Å². The van der Waals surface area contributed by atoms with Crippen LogP contribution >= 0.6 is 0 Å². The second-order valence-electron chi connectivity index (χ2n) is 4.41. The van der Waals surface area contributed by atoms with E-state index in [1.54, 1.807) is 31.2 Å². The monoisotopic (exact) mass is 286 g/mol. The number of rotatable bonds is 3. The number of nitrogens with two attached hydrogens (primary N) is 1. The predicted octanol–water partition coefficient (Wildman–Crippen LogP) is 1.03. The lowest BCUT2D eigenvalue weighted by Gasteiger charge is -2.06. The van der Waals surface area contributed by atoms with Crippen LogP contribution in [0.15, 0.2) is 46.5 Å². The number of benzene rings is 1. The van der Waals surface area contributed by atoms with E-state index < -0.39 is 5.91 Å². The molecule has 0 radical (unpaired) electrons. The number of amides is 1. The fourth-order valence-corrected chi connectivity index (χ4v) is 1.73. The summed E-state index contributed by atoms with van der Waals surface area (Å²) in [5.74, 6) is -0.532. The Labute approximate surface area is 120 Å². The van der Waals surface area contributed by atoms with Crippen LogP contribution in [0.4, 0.5) is 5.69 Å². The van der Waals surface area contributed by atoms with E-state index in [1.807, 2.05) is 0 Å². The molecule has 0 saturated carbocycles. The zero-order chi connectivity index (χ0) is 15.4. The van der Waals surface area contributed by atoms with E-state index in [9.17, 15) is 9.59 Å². The molecule has 0 aliphatic heterocycles. The molecule has 21 heavy (non-hydrogen) atoms. The Morgan fingerprint density at radius 1 is 1.33 bits per heavy atom. The second kappa shape index (κ2) is 5.91. The van der Waals surface area contributed by atoms with Crippen LogP contribution in [-0.2, 0) is 0 Å². The van der Waals surface area contributed by atoms with Gasteiger partial charge >= 0.3 is 0 Å². The van der Waals surface area contributed by atoms with Gasteiger partial charge in [-0.15, -0.1) is 0 Å². The van der Waals surface area contributed by atoms with Crippen molar-refractivity contribution >= 4 is 17.4 Å². The maximum absolute atomic E-state index is 12.0. The fourth-order valence-electron chi connectivity index (χ4n) is 1.73. The molecule has 5 N–H and O–H groups in total. The molecule has 0 unspecified atom stereocenters. The first-order chi connectivity index (χ1) is 10.0. The lowest BCUT2D eigenvalue weighted by Crippen LogP contribution is -2.21. The Morgan fingerprint density at radius 2 is 2.00 bits per heavy atom. The lowest BCUT2D eigenvalue weighted by atomic mass is 10.2. The van der Waals surface area contributed by atoms with Gasteiger partial charge in [0.1, 0.15) is 5.56 Å². The number of nitrogens with zero attached hydrogens (tertiary/aromatic N) is 1. The normalized spacial score (nSPS) is 11.2. The van der Waals surface area contributed by atoms with E-state index >= 15 is 0 Å². The summed E-state index contributed by atoms with van der Waals surface area (Å²) in [4.78, 5) is 26.5. The molecule has 1 heterocycles. The molecule has 1 amide bonds. The number of nitrogens with one attached hydrogen (secondary N) is 2. The molecule has 108 valence electrons. The van der Waals surface area contributed by atoms with E-state index in [4.69, 9.17) is 10.9 Å². The first kappa shape index (κ1) is 14.3. The van der Waals surface area contributed by atoms with E-state index in [0.717, 1.165) is 0 Å². The van der Waals surface area contributed by atoms with Gasteiger partial charge in [-0.05, 0) is 31.2 Å². The summed E-state index contributed by atoms with van der Waals surface area (Å²) in [5, 5.41) is 14.0. The highest BCUT2D eigenvalue weighted by Crippen LogP contribution is 2.10. The van der Waals surface area contributed by atoms with Crippen molar-refractivity contribution in [2.24, 2.45) is 10.9 Å². The van der Waals surface area contributed by atoms with E-state index in [-0.39, 0.29) is 16.8 Å². The molecule has 7 nitrogen and oxygen atoms in total. The number of hydrogen-bond donors (Lipinski definition) is 4. The van der Waals surface area contributed by atoms with Gasteiger partial charge in [-0.25, -0.2) is 0 Å². The molecule has 0 bridgehead atoms. The highest BCUT2D eigenvalue weighted by atomic mass is 16.4. The third-order valence-corrected chi connectivity index (χ3v) is 2.85. The van der Waals surface area contributed by atoms with Crippen LogP contribution in [0.2, 0.25) is 0 Å². The van der Waals surface area contributed by atoms with Crippen molar-refractivity contribution in [3.63, 3.8) is 0 Å². The summed E-state index contributed by atoms with van der Waals surface area (Å²) < 4.78 is 0. The van der Waals surface area contributed by atoms with Crippen LogP contribution in [0.3, 0.4) is 0 Å². The second-order valence-corrected chi connectivity index (χ2v) is 4.41. The summed E-state index contributed by atoms with van der Waals surface area (Å²) >= 11 is 0. The minimum atomic E-state index is -0.507. The number of oxime groups is 1. The molecular weight excluding hydrogens is 272 g/mol. The first-order valence-electron chi connectivity index (χ1n) is 6.10. The van der Waals surface area contributed by atoms with Gasteiger partial charge in [-0.1, -0.05) is 5.16 Å². The van der Waals surface area contributed by atoms with Crippen molar-refractivity contribution in [2.45, 2.75) is 6.92 Å². The van der Waals surface area contributed by atoms with Crippen LogP contribution in [0.25, 0.3) is 0 Å². The number of carbonyl (C=O) groups excluding carboxylic acids is 1. The van der Waals surface area contributed by atoms with E-state index in [0.29, 0.717) is 16.9 Å². The van der Waals surface area contributed by atoms with Gasteiger partial charge < -0.3 is 21.2 Å². The maximum Gasteiger partial charge on any atom is 0.261 e. The number of hydrogen-bond acceptors (Lipinski definition) is 4. The molecule has 0 spiro atoms. The average Bonchev–Trinajstić information content (AvgIpc) is 2.47. The minimum absolute atomic E-state index is 0.0251. The smallest absolute Gasteiger partial charge is 0.261 e. The Bertz CT molecular complexity index is 748. The van der Waals surface area contributed by atoms with Gasteiger partial charge in [0.2, 0.25) is 0 Å². The molecule has 0 atom stereocenters. The SMILES string of the molecule is Cc1cc(=O)c(C(=O)Nc2ccc(/C(N)=N/O)cc2)c[nH]1.